The van der Waals surface area contributed by atoms with Crippen LogP contribution in [0.1, 0.15) is 23.0 Å². The molecule has 1 rings (SSSR count). The summed E-state index contributed by atoms with van der Waals surface area (Å²) in [5, 5.41) is 0. The zero-order valence-corrected chi connectivity index (χ0v) is 8.04. The average molecular weight is 216 g/mol. The molecule has 0 bridgehead atoms. The topological polar surface area (TPSA) is 56.5 Å². The molecular weight excluding hydrogens is 209 g/mol. The third-order valence-corrected chi connectivity index (χ3v) is 1.61. The summed E-state index contributed by atoms with van der Waals surface area (Å²) in [6.07, 6.45) is 0. The predicted octanol–water partition coefficient (Wildman–Crippen LogP) is 1.45. The van der Waals surface area contributed by atoms with Crippen molar-refractivity contribution in [2.24, 2.45) is 0 Å². The maximum atomic E-state index is 12.0. The zero-order chi connectivity index (χ0) is 11.6. The van der Waals surface area contributed by atoms with Crippen molar-refractivity contribution in [2.75, 3.05) is 0 Å². The summed E-state index contributed by atoms with van der Waals surface area (Å²) in [4.78, 5) is 22.2. The standard InChI is InChI=1S/C8H7BF2O4/c1-4-3-6(15-9(10)11)7(5(2)12)8(13)14-4/h3H,1-2H3. The van der Waals surface area contributed by atoms with Gasteiger partial charge in [0.25, 0.3) is 0 Å². The lowest BCUT2D eigenvalue weighted by Gasteiger charge is -2.06. The maximum absolute atomic E-state index is 12.0. The molecule has 4 nitrogen and oxygen atoms in total. The number of rotatable bonds is 3. The molecule has 0 aliphatic rings. The molecule has 0 radical (unpaired) electrons. The first-order valence-electron chi connectivity index (χ1n) is 4.02. The molecule has 0 fully saturated rings. The van der Waals surface area contributed by atoms with Crippen LogP contribution in [0.4, 0.5) is 8.63 Å². The van der Waals surface area contributed by atoms with Crippen molar-refractivity contribution in [3.63, 3.8) is 0 Å². The van der Waals surface area contributed by atoms with Gasteiger partial charge >= 0.3 is 13.1 Å². The quantitative estimate of drug-likeness (QED) is 0.566. The van der Waals surface area contributed by atoms with Gasteiger partial charge in [-0.05, 0) is 13.8 Å². The van der Waals surface area contributed by atoms with E-state index in [0.717, 1.165) is 13.0 Å². The van der Waals surface area contributed by atoms with Crippen molar-refractivity contribution in [1.82, 2.24) is 0 Å². The lowest BCUT2D eigenvalue weighted by Crippen LogP contribution is -2.18. The predicted molar refractivity (Wildman–Crippen MR) is 48.3 cm³/mol. The molecule has 15 heavy (non-hydrogen) atoms. The first kappa shape index (κ1) is 11.4. The lowest BCUT2D eigenvalue weighted by molar-refractivity contribution is 0.101. The van der Waals surface area contributed by atoms with Crippen molar-refractivity contribution in [2.45, 2.75) is 13.8 Å². The summed E-state index contributed by atoms with van der Waals surface area (Å²) in [6.45, 7) is 2.46. The smallest absolute Gasteiger partial charge is 0.504 e. The molecular formula is C8H7BF2O4. The van der Waals surface area contributed by atoms with Gasteiger partial charge in [-0.3, -0.25) is 4.79 Å². The molecule has 0 saturated carbocycles. The van der Waals surface area contributed by atoms with Gasteiger partial charge in [-0.2, -0.15) is 0 Å². The molecule has 7 heteroatoms. The minimum atomic E-state index is -3.09. The molecule has 0 N–H and O–H groups in total. The number of halogens is 2. The van der Waals surface area contributed by atoms with Crippen LogP contribution in [-0.4, -0.2) is 13.3 Å². The van der Waals surface area contributed by atoms with Crippen LogP contribution in [-0.2, 0) is 0 Å². The molecule has 0 atom stereocenters. The molecule has 0 aromatic carbocycles. The number of carbonyl (C=O) groups is 1. The highest BCUT2D eigenvalue weighted by Gasteiger charge is 2.24. The largest absolute Gasteiger partial charge is 0.796 e. The number of hydrogen-bond acceptors (Lipinski definition) is 4. The number of Topliss-reactive ketones (excluding diaryl/α,β-unsaturated/α-hetero) is 1. The Morgan fingerprint density at radius 2 is 2.13 bits per heavy atom. The van der Waals surface area contributed by atoms with Gasteiger partial charge < -0.3 is 9.07 Å². The van der Waals surface area contributed by atoms with Crippen LogP contribution in [0, 0.1) is 6.92 Å². The minimum Gasteiger partial charge on any atom is -0.504 e. The molecule has 0 unspecified atom stereocenters. The van der Waals surface area contributed by atoms with Crippen molar-refractivity contribution in [3.8, 4) is 5.75 Å². The van der Waals surface area contributed by atoms with Gasteiger partial charge in [-0.15, -0.1) is 0 Å². The monoisotopic (exact) mass is 216 g/mol. The molecule has 0 saturated heterocycles. The summed E-state index contributed by atoms with van der Waals surface area (Å²) in [5.74, 6) is -1.04. The second-order valence-corrected chi connectivity index (χ2v) is 2.82. The van der Waals surface area contributed by atoms with E-state index in [2.05, 4.69) is 9.07 Å². The van der Waals surface area contributed by atoms with E-state index in [-0.39, 0.29) is 5.76 Å². The fraction of sp³-hybridized carbons (Fsp3) is 0.250. The van der Waals surface area contributed by atoms with Gasteiger partial charge in [-0.1, -0.05) is 0 Å². The average Bonchev–Trinajstić information content (AvgIpc) is 1.99. The Kier molecular flexibility index (Phi) is 3.23. The third kappa shape index (κ3) is 2.65. The fourth-order valence-electron chi connectivity index (χ4n) is 1.09. The highest BCUT2D eigenvalue weighted by atomic mass is 19.2. The van der Waals surface area contributed by atoms with E-state index in [1.165, 1.54) is 6.92 Å². The summed E-state index contributed by atoms with van der Waals surface area (Å²) >= 11 is 0. The highest BCUT2D eigenvalue weighted by Crippen LogP contribution is 2.18. The Hall–Kier alpha value is -1.66. The van der Waals surface area contributed by atoms with Crippen LogP contribution < -0.4 is 10.3 Å². The summed E-state index contributed by atoms with van der Waals surface area (Å²) in [5.41, 5.74) is -1.47. The van der Waals surface area contributed by atoms with Crippen molar-refractivity contribution in [3.05, 3.63) is 27.8 Å². The van der Waals surface area contributed by atoms with Crippen molar-refractivity contribution >= 4 is 13.3 Å². The highest BCUT2D eigenvalue weighted by molar-refractivity contribution is 6.35. The summed E-state index contributed by atoms with van der Waals surface area (Å²) in [7, 11) is -3.09. The molecule has 1 aromatic heterocycles. The zero-order valence-electron chi connectivity index (χ0n) is 8.04. The second kappa shape index (κ2) is 4.25. The molecule has 1 aromatic rings. The van der Waals surface area contributed by atoms with E-state index in [9.17, 15) is 18.2 Å². The summed E-state index contributed by atoms with van der Waals surface area (Å²) < 4.78 is 32.6. The second-order valence-electron chi connectivity index (χ2n) is 2.82. The Bertz CT molecular complexity index is 441. The Balaban J connectivity index is 3.33. The first-order chi connectivity index (χ1) is 6.91. The van der Waals surface area contributed by atoms with Crippen LogP contribution in [0.25, 0.3) is 0 Å². The van der Waals surface area contributed by atoms with Gasteiger partial charge in [0.15, 0.2) is 5.78 Å². The van der Waals surface area contributed by atoms with Crippen molar-refractivity contribution < 1.29 is 22.5 Å². The van der Waals surface area contributed by atoms with Gasteiger partial charge in [0, 0.05) is 6.07 Å². The SMILES string of the molecule is CC(=O)c1c(OB(F)F)cc(C)oc1=O. The van der Waals surface area contributed by atoms with Crippen LogP contribution in [0.15, 0.2) is 15.3 Å². The molecule has 0 aliphatic carbocycles. The summed E-state index contributed by atoms with van der Waals surface area (Å²) in [6, 6.07) is 1.07. The Morgan fingerprint density at radius 3 is 2.60 bits per heavy atom. The van der Waals surface area contributed by atoms with Gasteiger partial charge in [-0.25, -0.2) is 13.4 Å². The number of carbonyl (C=O) groups excluding carboxylic acids is 1. The lowest BCUT2D eigenvalue weighted by atomic mass is 10.1. The van der Waals surface area contributed by atoms with Crippen molar-refractivity contribution in [1.29, 1.82) is 0 Å². The molecule has 0 amide bonds. The Morgan fingerprint density at radius 1 is 1.53 bits per heavy atom. The van der Waals surface area contributed by atoms with E-state index in [1.54, 1.807) is 0 Å². The van der Waals surface area contributed by atoms with E-state index in [1.807, 2.05) is 0 Å². The minimum absolute atomic E-state index is 0.0978. The van der Waals surface area contributed by atoms with Gasteiger partial charge in [0.1, 0.15) is 17.1 Å². The fourth-order valence-corrected chi connectivity index (χ4v) is 1.09. The number of ketones is 1. The van der Waals surface area contributed by atoms with E-state index in [4.69, 9.17) is 0 Å². The van der Waals surface area contributed by atoms with E-state index < -0.39 is 30.2 Å². The van der Waals surface area contributed by atoms with E-state index in [0.29, 0.717) is 0 Å². The molecule has 1 heterocycles. The van der Waals surface area contributed by atoms with Crippen LogP contribution in [0.2, 0.25) is 0 Å². The molecule has 0 aliphatic heterocycles. The van der Waals surface area contributed by atoms with E-state index >= 15 is 0 Å². The maximum Gasteiger partial charge on any atom is 0.796 e. The van der Waals surface area contributed by atoms with Crippen LogP contribution in [0.3, 0.4) is 0 Å². The third-order valence-electron chi connectivity index (χ3n) is 1.61. The normalized spacial score (nSPS) is 9.87. The number of hydrogen-bond donors (Lipinski definition) is 0. The molecule has 80 valence electrons. The van der Waals surface area contributed by atoms with Crippen LogP contribution >= 0.6 is 0 Å². The molecule has 0 spiro atoms. The van der Waals surface area contributed by atoms with Crippen LogP contribution in [0.5, 0.6) is 5.75 Å². The van der Waals surface area contributed by atoms with Gasteiger partial charge in [0.05, 0.1) is 0 Å². The Labute approximate surface area is 84.1 Å². The first-order valence-corrected chi connectivity index (χ1v) is 4.02. The number of aryl methyl sites for hydroxylation is 1. The van der Waals surface area contributed by atoms with Gasteiger partial charge in [0.2, 0.25) is 0 Å².